The van der Waals surface area contributed by atoms with E-state index in [0.29, 0.717) is 6.54 Å². The molecule has 0 bridgehead atoms. The molecule has 0 aliphatic carbocycles. The van der Waals surface area contributed by atoms with Gasteiger partial charge in [-0.05, 0) is 38.6 Å². The second-order valence-electron chi connectivity index (χ2n) is 5.40. The average Bonchev–Trinajstić information content (AvgIpc) is 2.38. The third-order valence-corrected chi connectivity index (χ3v) is 3.29. The molecule has 0 aliphatic rings. The molecule has 0 radical (unpaired) electrons. The molecule has 2 rings (SSSR count). The molecule has 1 unspecified atom stereocenters. The molecule has 1 heterocycles. The third kappa shape index (κ3) is 4.15. The number of benzene rings is 1. The van der Waals surface area contributed by atoms with Gasteiger partial charge in [0, 0.05) is 18.8 Å². The highest BCUT2D eigenvalue weighted by molar-refractivity contribution is 5.24. The van der Waals surface area contributed by atoms with Crippen LogP contribution in [-0.2, 0) is 6.54 Å². The quantitative estimate of drug-likeness (QED) is 0.907. The van der Waals surface area contributed by atoms with Gasteiger partial charge in [-0.2, -0.15) is 0 Å². The zero-order chi connectivity index (χ0) is 14.5. The number of likely N-dealkylation sites (N-methyl/N-ethyl adjacent to an activating group) is 1. The molecule has 0 saturated heterocycles. The maximum Gasteiger partial charge on any atom is 0.0917 e. The largest absolute Gasteiger partial charge is 0.387 e. The highest BCUT2D eigenvalue weighted by Crippen LogP contribution is 2.16. The van der Waals surface area contributed by atoms with Gasteiger partial charge >= 0.3 is 0 Å². The normalized spacial score (nSPS) is 12.7. The van der Waals surface area contributed by atoms with Crippen LogP contribution in [0.25, 0.3) is 0 Å². The first kappa shape index (κ1) is 14.7. The number of pyridine rings is 1. The monoisotopic (exact) mass is 270 g/mol. The first-order chi connectivity index (χ1) is 9.54. The molecule has 0 aliphatic heterocycles. The minimum absolute atomic E-state index is 0.468. The summed E-state index contributed by atoms with van der Waals surface area (Å²) >= 11 is 0. The molecule has 1 aromatic heterocycles. The van der Waals surface area contributed by atoms with Crippen LogP contribution in [-0.4, -0.2) is 28.6 Å². The number of aryl methyl sites for hydroxylation is 2. The Balaban J connectivity index is 1.95. The number of aliphatic hydroxyl groups excluding tert-OH is 1. The van der Waals surface area contributed by atoms with Gasteiger partial charge in [0.15, 0.2) is 0 Å². The lowest BCUT2D eigenvalue weighted by molar-refractivity contribution is 0.123. The van der Waals surface area contributed by atoms with Crippen LogP contribution < -0.4 is 0 Å². The summed E-state index contributed by atoms with van der Waals surface area (Å²) < 4.78 is 0. The Kier molecular flexibility index (Phi) is 4.88. The first-order valence-electron chi connectivity index (χ1n) is 6.90. The molecule has 3 heteroatoms. The third-order valence-electron chi connectivity index (χ3n) is 3.29. The highest BCUT2D eigenvalue weighted by Gasteiger charge is 2.11. The molecule has 0 spiro atoms. The Labute approximate surface area is 120 Å². The van der Waals surface area contributed by atoms with E-state index in [1.54, 1.807) is 0 Å². The van der Waals surface area contributed by atoms with Crippen LogP contribution in [0.15, 0.2) is 42.5 Å². The zero-order valence-corrected chi connectivity index (χ0v) is 12.4. The summed E-state index contributed by atoms with van der Waals surface area (Å²) in [6.45, 7) is 5.37. The van der Waals surface area contributed by atoms with E-state index in [2.05, 4.69) is 9.88 Å². The van der Waals surface area contributed by atoms with Gasteiger partial charge in [0.2, 0.25) is 0 Å². The van der Waals surface area contributed by atoms with Gasteiger partial charge in [-0.1, -0.05) is 35.9 Å². The van der Waals surface area contributed by atoms with E-state index in [1.165, 1.54) is 5.56 Å². The van der Waals surface area contributed by atoms with Crippen LogP contribution in [0.5, 0.6) is 0 Å². The summed E-state index contributed by atoms with van der Waals surface area (Å²) in [6, 6.07) is 14.0. The summed E-state index contributed by atoms with van der Waals surface area (Å²) in [5, 5.41) is 10.3. The van der Waals surface area contributed by atoms with E-state index in [9.17, 15) is 5.11 Å². The first-order valence-corrected chi connectivity index (χ1v) is 6.90. The zero-order valence-electron chi connectivity index (χ0n) is 12.4. The summed E-state index contributed by atoms with van der Waals surface area (Å²) in [4.78, 5) is 6.58. The van der Waals surface area contributed by atoms with E-state index in [1.807, 2.05) is 63.4 Å². The second-order valence-corrected chi connectivity index (χ2v) is 5.40. The maximum absolute atomic E-state index is 10.3. The Morgan fingerprint density at radius 2 is 1.90 bits per heavy atom. The molecule has 0 saturated carbocycles. The average molecular weight is 270 g/mol. The Hall–Kier alpha value is -1.71. The molecule has 3 nitrogen and oxygen atoms in total. The smallest absolute Gasteiger partial charge is 0.0917 e. The van der Waals surface area contributed by atoms with Gasteiger partial charge in [-0.25, -0.2) is 0 Å². The number of aromatic nitrogens is 1. The van der Waals surface area contributed by atoms with Crippen LogP contribution in [0.4, 0.5) is 0 Å². The van der Waals surface area contributed by atoms with Crippen LogP contribution in [0.3, 0.4) is 0 Å². The van der Waals surface area contributed by atoms with E-state index >= 15 is 0 Å². The predicted molar refractivity (Wildman–Crippen MR) is 81.4 cm³/mol. The van der Waals surface area contributed by atoms with Crippen LogP contribution in [0, 0.1) is 13.8 Å². The van der Waals surface area contributed by atoms with E-state index in [-0.39, 0.29) is 0 Å². The Morgan fingerprint density at radius 1 is 1.15 bits per heavy atom. The van der Waals surface area contributed by atoms with Crippen molar-refractivity contribution in [2.75, 3.05) is 13.6 Å². The molecule has 106 valence electrons. The minimum Gasteiger partial charge on any atom is -0.387 e. The van der Waals surface area contributed by atoms with E-state index in [4.69, 9.17) is 0 Å². The standard InChI is InChI=1S/C17H22N2O/c1-13-6-4-8-15(10-13)17(20)12-19(3)11-16-9-5-7-14(2)18-16/h4-10,17,20H,11-12H2,1-3H3. The van der Waals surface area contributed by atoms with Crippen molar-refractivity contribution < 1.29 is 5.11 Å². The number of rotatable bonds is 5. The number of hydrogen-bond acceptors (Lipinski definition) is 3. The van der Waals surface area contributed by atoms with Crippen LogP contribution >= 0.6 is 0 Å². The van der Waals surface area contributed by atoms with Crippen molar-refractivity contribution in [1.82, 2.24) is 9.88 Å². The summed E-state index contributed by atoms with van der Waals surface area (Å²) in [5.41, 5.74) is 4.19. The highest BCUT2D eigenvalue weighted by atomic mass is 16.3. The van der Waals surface area contributed by atoms with Gasteiger partial charge < -0.3 is 5.11 Å². The lowest BCUT2D eigenvalue weighted by Crippen LogP contribution is -2.24. The maximum atomic E-state index is 10.3. The number of hydrogen-bond donors (Lipinski definition) is 1. The van der Waals surface area contributed by atoms with Gasteiger partial charge in [0.1, 0.15) is 0 Å². The molecule has 1 aromatic carbocycles. The van der Waals surface area contributed by atoms with Crippen molar-refractivity contribution in [1.29, 1.82) is 0 Å². The fourth-order valence-corrected chi connectivity index (χ4v) is 2.31. The van der Waals surface area contributed by atoms with E-state index < -0.39 is 6.10 Å². The van der Waals surface area contributed by atoms with Crippen molar-refractivity contribution in [2.24, 2.45) is 0 Å². The molecule has 1 atom stereocenters. The van der Waals surface area contributed by atoms with Crippen molar-refractivity contribution >= 4 is 0 Å². The Bertz CT molecular complexity index is 568. The number of nitrogens with zero attached hydrogens (tertiary/aromatic N) is 2. The topological polar surface area (TPSA) is 36.4 Å². The molecule has 20 heavy (non-hydrogen) atoms. The number of aliphatic hydroxyl groups is 1. The van der Waals surface area contributed by atoms with Crippen LogP contribution in [0.2, 0.25) is 0 Å². The molecule has 2 aromatic rings. The van der Waals surface area contributed by atoms with Gasteiger partial charge in [0.25, 0.3) is 0 Å². The van der Waals surface area contributed by atoms with Gasteiger partial charge in [-0.3, -0.25) is 9.88 Å². The lowest BCUT2D eigenvalue weighted by atomic mass is 10.1. The summed E-state index contributed by atoms with van der Waals surface area (Å²) in [6.07, 6.45) is -0.468. The Morgan fingerprint density at radius 3 is 2.60 bits per heavy atom. The predicted octanol–water partition coefficient (Wildman–Crippen LogP) is 2.86. The molecular weight excluding hydrogens is 248 g/mol. The van der Waals surface area contributed by atoms with E-state index in [0.717, 1.165) is 23.5 Å². The fourth-order valence-electron chi connectivity index (χ4n) is 2.31. The van der Waals surface area contributed by atoms with Crippen LogP contribution in [0.1, 0.15) is 28.6 Å². The SMILES string of the molecule is Cc1cccc(C(O)CN(C)Cc2cccc(C)n2)c1. The fraction of sp³-hybridized carbons (Fsp3) is 0.353. The minimum atomic E-state index is -0.468. The van der Waals surface area contributed by atoms with Gasteiger partial charge in [-0.15, -0.1) is 0 Å². The molecular formula is C17H22N2O. The lowest BCUT2D eigenvalue weighted by Gasteiger charge is -2.20. The second kappa shape index (κ2) is 6.64. The molecule has 1 N–H and O–H groups in total. The molecule has 0 amide bonds. The summed E-state index contributed by atoms with van der Waals surface area (Å²) in [7, 11) is 2.00. The van der Waals surface area contributed by atoms with Crippen molar-refractivity contribution in [3.8, 4) is 0 Å². The van der Waals surface area contributed by atoms with Crippen molar-refractivity contribution in [3.63, 3.8) is 0 Å². The van der Waals surface area contributed by atoms with Crippen molar-refractivity contribution in [2.45, 2.75) is 26.5 Å². The molecule has 0 fully saturated rings. The van der Waals surface area contributed by atoms with Gasteiger partial charge in [0.05, 0.1) is 11.8 Å². The van der Waals surface area contributed by atoms with Crippen molar-refractivity contribution in [3.05, 3.63) is 65.0 Å². The summed E-state index contributed by atoms with van der Waals surface area (Å²) in [5.74, 6) is 0.